The SMILES string of the molecule is CC(C)(C)OC(=O)N1CCCN(c2ccc(F)c(F)c2)CC1.CC(C)(C)OC(=O)N1CCCNCC1.Fc1ccc(Br)cc1F. The standard InChI is InChI=1S/C16H22F2N2O2.C10H20N2O2.C6H3BrF2/c1-16(2,3)22-15(21)20-8-4-7-19(9-10-20)12-5-6-13(17)14(18)11-12;1-10(2,3)14-9(13)12-7-4-5-11-6-8-12;7-4-1-2-5(8)6(9)3-4/h5-6,11H,4,7-10H2,1-3H3;11H,4-8H2,1-3H3;1-3H. The number of benzene rings is 2. The maximum absolute atomic E-state index is 13.3. The zero-order chi connectivity index (χ0) is 33.8. The highest BCUT2D eigenvalue weighted by Gasteiger charge is 2.25. The molecule has 0 bridgehead atoms. The van der Waals surface area contributed by atoms with Crippen molar-refractivity contribution in [1.82, 2.24) is 15.1 Å². The van der Waals surface area contributed by atoms with Gasteiger partial charge in [0.05, 0.1) is 0 Å². The van der Waals surface area contributed by atoms with E-state index in [0.717, 1.165) is 57.2 Å². The molecule has 0 spiro atoms. The highest BCUT2D eigenvalue weighted by Crippen LogP contribution is 2.20. The molecule has 1 N–H and O–H groups in total. The number of halogens is 5. The Morgan fingerprint density at radius 1 is 0.667 bits per heavy atom. The van der Waals surface area contributed by atoms with Crippen molar-refractivity contribution in [2.45, 2.75) is 65.6 Å². The summed E-state index contributed by atoms with van der Waals surface area (Å²) in [5.74, 6) is -3.36. The van der Waals surface area contributed by atoms with Gasteiger partial charge in [-0.1, -0.05) is 15.9 Å². The van der Waals surface area contributed by atoms with Crippen molar-refractivity contribution >= 4 is 33.8 Å². The topological polar surface area (TPSA) is 74.4 Å². The van der Waals surface area contributed by atoms with Gasteiger partial charge in [-0.3, -0.25) is 0 Å². The van der Waals surface area contributed by atoms with Crippen LogP contribution in [0.5, 0.6) is 0 Å². The third-order valence-electron chi connectivity index (χ3n) is 6.29. The number of anilines is 1. The van der Waals surface area contributed by atoms with Crippen LogP contribution in [0.25, 0.3) is 0 Å². The lowest BCUT2D eigenvalue weighted by Crippen LogP contribution is -2.39. The van der Waals surface area contributed by atoms with Crippen molar-refractivity contribution in [3.8, 4) is 0 Å². The van der Waals surface area contributed by atoms with Gasteiger partial charge in [0.15, 0.2) is 23.3 Å². The quantitative estimate of drug-likeness (QED) is 0.247. The van der Waals surface area contributed by atoms with E-state index in [1.54, 1.807) is 15.9 Å². The van der Waals surface area contributed by atoms with Crippen LogP contribution in [0.2, 0.25) is 0 Å². The molecule has 0 aromatic heterocycles. The monoisotopic (exact) mass is 704 g/mol. The summed E-state index contributed by atoms with van der Waals surface area (Å²) in [5, 5.41) is 3.25. The predicted molar refractivity (Wildman–Crippen MR) is 170 cm³/mol. The first kappa shape index (κ1) is 38.1. The number of amides is 2. The molecule has 2 aromatic rings. The first-order valence-electron chi connectivity index (χ1n) is 14.9. The van der Waals surface area contributed by atoms with Crippen molar-refractivity contribution in [2.75, 3.05) is 57.3 Å². The third-order valence-corrected chi connectivity index (χ3v) is 6.78. The molecule has 2 aliphatic rings. The molecule has 4 rings (SSSR count). The second-order valence-electron chi connectivity index (χ2n) is 12.5. The Bertz CT molecular complexity index is 1250. The lowest BCUT2D eigenvalue weighted by Gasteiger charge is -2.27. The maximum Gasteiger partial charge on any atom is 0.410 e. The summed E-state index contributed by atoms with van der Waals surface area (Å²) < 4.78 is 61.8. The molecule has 8 nitrogen and oxygen atoms in total. The predicted octanol–water partition coefficient (Wildman–Crippen LogP) is 7.36. The van der Waals surface area contributed by atoms with Gasteiger partial charge in [-0.15, -0.1) is 0 Å². The minimum atomic E-state index is -0.856. The Kier molecular flexibility index (Phi) is 14.9. The summed E-state index contributed by atoms with van der Waals surface area (Å²) in [7, 11) is 0. The lowest BCUT2D eigenvalue weighted by molar-refractivity contribution is 0.0252. The molecule has 252 valence electrons. The van der Waals surface area contributed by atoms with Gasteiger partial charge in [0, 0.05) is 62.0 Å². The van der Waals surface area contributed by atoms with Crippen molar-refractivity contribution in [3.63, 3.8) is 0 Å². The highest BCUT2D eigenvalue weighted by molar-refractivity contribution is 9.10. The van der Waals surface area contributed by atoms with Gasteiger partial charge in [0.25, 0.3) is 0 Å². The largest absolute Gasteiger partial charge is 0.444 e. The van der Waals surface area contributed by atoms with E-state index in [-0.39, 0.29) is 12.2 Å². The number of rotatable bonds is 1. The minimum Gasteiger partial charge on any atom is -0.444 e. The van der Waals surface area contributed by atoms with Crippen LogP contribution >= 0.6 is 15.9 Å². The van der Waals surface area contributed by atoms with E-state index in [9.17, 15) is 27.2 Å². The third kappa shape index (κ3) is 14.7. The maximum atomic E-state index is 13.3. The van der Waals surface area contributed by atoms with E-state index >= 15 is 0 Å². The van der Waals surface area contributed by atoms with E-state index in [1.807, 2.05) is 46.4 Å². The number of hydrogen-bond acceptors (Lipinski definition) is 6. The van der Waals surface area contributed by atoms with Crippen LogP contribution in [-0.2, 0) is 9.47 Å². The van der Waals surface area contributed by atoms with Gasteiger partial charge in [-0.2, -0.15) is 0 Å². The average molecular weight is 706 g/mol. The van der Waals surface area contributed by atoms with Crippen LogP contribution in [0.4, 0.5) is 32.8 Å². The van der Waals surface area contributed by atoms with E-state index in [4.69, 9.17) is 9.47 Å². The molecule has 13 heteroatoms. The van der Waals surface area contributed by atoms with Gasteiger partial charge in [0.1, 0.15) is 11.2 Å². The van der Waals surface area contributed by atoms with Gasteiger partial charge >= 0.3 is 12.2 Å². The number of hydrogen-bond donors (Lipinski definition) is 1. The normalized spacial score (nSPS) is 15.8. The van der Waals surface area contributed by atoms with E-state index in [0.29, 0.717) is 36.3 Å². The molecule has 45 heavy (non-hydrogen) atoms. The van der Waals surface area contributed by atoms with Crippen LogP contribution < -0.4 is 10.2 Å². The van der Waals surface area contributed by atoms with Gasteiger partial charge in [0.2, 0.25) is 0 Å². The Labute approximate surface area is 272 Å². The molecule has 2 heterocycles. The summed E-state index contributed by atoms with van der Waals surface area (Å²) in [6.07, 6.45) is 1.22. The van der Waals surface area contributed by atoms with Gasteiger partial charge in [-0.25, -0.2) is 27.2 Å². The summed E-state index contributed by atoms with van der Waals surface area (Å²) in [6.45, 7) is 16.9. The fourth-order valence-electron chi connectivity index (χ4n) is 4.19. The summed E-state index contributed by atoms with van der Waals surface area (Å²) >= 11 is 2.99. The second kappa shape index (κ2) is 17.6. The Morgan fingerprint density at radius 2 is 1.20 bits per heavy atom. The van der Waals surface area contributed by atoms with Crippen LogP contribution in [0, 0.1) is 23.3 Å². The van der Waals surface area contributed by atoms with Crippen molar-refractivity contribution in [2.24, 2.45) is 0 Å². The van der Waals surface area contributed by atoms with Gasteiger partial charge < -0.3 is 29.5 Å². The summed E-state index contributed by atoms with van der Waals surface area (Å²) in [4.78, 5) is 29.1. The molecular formula is C32H45BrF4N4O4. The molecule has 0 saturated carbocycles. The molecule has 0 aliphatic carbocycles. The Morgan fingerprint density at radius 3 is 1.73 bits per heavy atom. The van der Waals surface area contributed by atoms with Crippen molar-refractivity contribution < 1.29 is 36.6 Å². The van der Waals surface area contributed by atoms with E-state index < -0.39 is 34.5 Å². The first-order valence-corrected chi connectivity index (χ1v) is 15.7. The Hall–Kier alpha value is -3.06. The smallest absolute Gasteiger partial charge is 0.410 e. The molecule has 2 saturated heterocycles. The molecule has 2 amide bonds. The fraction of sp³-hybridized carbons (Fsp3) is 0.562. The number of ether oxygens (including phenoxy) is 2. The van der Waals surface area contributed by atoms with Crippen LogP contribution in [0.3, 0.4) is 0 Å². The first-order chi connectivity index (χ1) is 20.9. The molecule has 2 fully saturated rings. The van der Waals surface area contributed by atoms with Crippen molar-refractivity contribution in [3.05, 3.63) is 64.1 Å². The molecule has 0 atom stereocenters. The number of nitrogens with one attached hydrogen (secondary N) is 1. The minimum absolute atomic E-state index is 0.193. The zero-order valence-electron chi connectivity index (χ0n) is 26.9. The number of carbonyl (C=O) groups excluding carboxylic acids is 2. The number of carbonyl (C=O) groups is 2. The summed E-state index contributed by atoms with van der Waals surface area (Å²) in [6, 6.07) is 7.47. The Balaban J connectivity index is 0.000000261. The van der Waals surface area contributed by atoms with E-state index in [1.165, 1.54) is 12.1 Å². The van der Waals surface area contributed by atoms with Gasteiger partial charge in [-0.05, 0) is 91.3 Å². The molecule has 2 aliphatic heterocycles. The molecule has 0 radical (unpaired) electrons. The highest BCUT2D eigenvalue weighted by atomic mass is 79.9. The van der Waals surface area contributed by atoms with Crippen LogP contribution in [-0.4, -0.2) is 85.5 Å². The second-order valence-corrected chi connectivity index (χ2v) is 13.5. The zero-order valence-corrected chi connectivity index (χ0v) is 28.5. The van der Waals surface area contributed by atoms with Crippen molar-refractivity contribution in [1.29, 1.82) is 0 Å². The lowest BCUT2D eigenvalue weighted by atomic mass is 10.2. The summed E-state index contributed by atoms with van der Waals surface area (Å²) in [5.41, 5.74) is -0.287. The molecule has 0 unspecified atom stereocenters. The van der Waals surface area contributed by atoms with E-state index in [2.05, 4.69) is 21.2 Å². The molecular weight excluding hydrogens is 660 g/mol. The number of nitrogens with zero attached hydrogens (tertiary/aromatic N) is 3. The fourth-order valence-corrected chi connectivity index (χ4v) is 4.52. The van der Waals surface area contributed by atoms with Crippen LogP contribution in [0.1, 0.15) is 54.4 Å². The molecule has 2 aromatic carbocycles. The average Bonchev–Trinajstić information content (AvgIpc) is 3.36. The van der Waals surface area contributed by atoms with Crippen LogP contribution in [0.15, 0.2) is 40.9 Å².